The molecule has 0 amide bonds. The van der Waals surface area contributed by atoms with Crippen molar-refractivity contribution < 1.29 is 0 Å². The molecule has 0 bridgehead atoms. The molecule has 0 spiro atoms. The summed E-state index contributed by atoms with van der Waals surface area (Å²) in [5.41, 5.74) is 3.28. The zero-order chi connectivity index (χ0) is 11.3. The molecule has 1 saturated carbocycles. The number of hydrogen-bond donors (Lipinski definition) is 2. The molecule has 5 heteroatoms. The zero-order valence-electron chi connectivity index (χ0n) is 9.71. The highest BCUT2D eigenvalue weighted by Crippen LogP contribution is 2.31. The summed E-state index contributed by atoms with van der Waals surface area (Å²) in [5, 5.41) is 9.68. The normalized spacial score (nSPS) is 16.6. The average molecular weight is 228 g/mol. The molecule has 0 unspecified atom stereocenters. The minimum Gasteiger partial charge on any atom is -0.299 e. The molecule has 1 rings (SSSR count). The Hall–Kier alpha value is -0.550. The lowest BCUT2D eigenvalue weighted by Gasteiger charge is -2.19. The summed E-state index contributed by atoms with van der Waals surface area (Å²) < 4.78 is 0. The van der Waals surface area contributed by atoms with E-state index < -0.39 is 0 Å². The van der Waals surface area contributed by atoms with Crippen LogP contribution in [0.3, 0.4) is 0 Å². The minimum absolute atomic E-state index is 0.350. The number of nitrogens with one attached hydrogen (secondary N) is 2. The average Bonchev–Trinajstić information content (AvgIpc) is 3.01. The van der Waals surface area contributed by atoms with Gasteiger partial charge in [0.05, 0.1) is 0 Å². The lowest BCUT2D eigenvalue weighted by atomic mass is 10.3. The largest absolute Gasteiger partial charge is 0.299 e. The Morgan fingerprint density at radius 3 is 2.80 bits per heavy atom. The topological polar surface area (TPSA) is 51.5 Å². The molecule has 1 aliphatic carbocycles. The Bertz CT molecular complexity index is 248. The van der Waals surface area contributed by atoms with Crippen LogP contribution in [0.2, 0.25) is 0 Å². The van der Waals surface area contributed by atoms with Crippen LogP contribution in [0.15, 0.2) is 4.99 Å². The fraction of sp³-hybridized carbons (Fsp3) is 0.800. The monoisotopic (exact) mass is 228 g/mol. The van der Waals surface area contributed by atoms with Gasteiger partial charge in [-0.05, 0) is 25.5 Å². The van der Waals surface area contributed by atoms with Crippen LogP contribution in [-0.4, -0.2) is 35.9 Å². The second-order valence-corrected chi connectivity index (χ2v) is 4.66. The number of rotatable bonds is 4. The van der Waals surface area contributed by atoms with Crippen molar-refractivity contribution >= 4 is 22.8 Å². The van der Waals surface area contributed by atoms with Crippen LogP contribution in [0.4, 0.5) is 0 Å². The first kappa shape index (κ1) is 12.5. The van der Waals surface area contributed by atoms with Gasteiger partial charge in [0, 0.05) is 13.6 Å². The van der Waals surface area contributed by atoms with Crippen molar-refractivity contribution in [2.75, 3.05) is 19.8 Å². The van der Waals surface area contributed by atoms with Gasteiger partial charge in [0.15, 0.2) is 5.17 Å². The predicted octanol–water partition coefficient (Wildman–Crippen LogP) is 1.94. The second-order valence-electron chi connectivity index (χ2n) is 3.87. The van der Waals surface area contributed by atoms with Crippen molar-refractivity contribution in [3.05, 3.63) is 0 Å². The maximum absolute atomic E-state index is 7.44. The number of thioether (sulfide) groups is 1. The fourth-order valence-electron chi connectivity index (χ4n) is 1.22. The van der Waals surface area contributed by atoms with E-state index >= 15 is 0 Å². The molecule has 0 aromatic heterocycles. The van der Waals surface area contributed by atoms with Gasteiger partial charge in [0.25, 0.3) is 0 Å². The zero-order valence-corrected chi connectivity index (χ0v) is 10.5. The molecule has 2 N–H and O–H groups in total. The van der Waals surface area contributed by atoms with Gasteiger partial charge in [-0.25, -0.2) is 10.4 Å². The van der Waals surface area contributed by atoms with Gasteiger partial charge in [-0.3, -0.25) is 10.4 Å². The van der Waals surface area contributed by atoms with Crippen LogP contribution in [0, 0.1) is 11.3 Å². The Labute approximate surface area is 96.0 Å². The molecule has 15 heavy (non-hydrogen) atoms. The van der Waals surface area contributed by atoms with Gasteiger partial charge in [0.2, 0.25) is 0 Å². The first-order chi connectivity index (χ1) is 7.13. The summed E-state index contributed by atoms with van der Waals surface area (Å²) in [6.07, 6.45) is 5.91. The lowest BCUT2D eigenvalue weighted by Crippen LogP contribution is -2.39. The fourth-order valence-corrected chi connectivity index (χ4v) is 1.45. The van der Waals surface area contributed by atoms with Crippen molar-refractivity contribution in [1.29, 1.82) is 5.41 Å². The number of amidine groups is 2. The third kappa shape index (κ3) is 5.18. The molecule has 4 nitrogen and oxygen atoms in total. The smallest absolute Gasteiger partial charge is 0.181 e. The van der Waals surface area contributed by atoms with E-state index in [-0.39, 0.29) is 0 Å². The molecule has 0 atom stereocenters. The molecular weight excluding hydrogens is 208 g/mol. The van der Waals surface area contributed by atoms with Crippen molar-refractivity contribution in [3.63, 3.8) is 0 Å². The maximum atomic E-state index is 7.44. The molecule has 0 aromatic carbocycles. The van der Waals surface area contributed by atoms with Crippen LogP contribution in [0.1, 0.15) is 26.2 Å². The quantitative estimate of drug-likeness (QED) is 0.439. The Morgan fingerprint density at radius 2 is 2.27 bits per heavy atom. The Balaban J connectivity index is 2.21. The third-order valence-electron chi connectivity index (χ3n) is 2.54. The van der Waals surface area contributed by atoms with E-state index in [0.29, 0.717) is 5.17 Å². The second kappa shape index (κ2) is 6.12. The van der Waals surface area contributed by atoms with E-state index in [4.69, 9.17) is 5.41 Å². The van der Waals surface area contributed by atoms with E-state index in [1.807, 2.05) is 25.2 Å². The van der Waals surface area contributed by atoms with E-state index in [1.165, 1.54) is 31.0 Å². The van der Waals surface area contributed by atoms with Crippen LogP contribution in [0.5, 0.6) is 0 Å². The van der Waals surface area contributed by atoms with Crippen LogP contribution < -0.4 is 5.43 Å². The summed E-state index contributed by atoms with van der Waals surface area (Å²) >= 11 is 1.35. The number of aliphatic imine (C=N–C) groups is 1. The Kier molecular flexibility index (Phi) is 5.11. The van der Waals surface area contributed by atoms with Gasteiger partial charge in [-0.1, -0.05) is 24.6 Å². The highest BCUT2D eigenvalue weighted by atomic mass is 32.2. The first-order valence-electron chi connectivity index (χ1n) is 5.28. The van der Waals surface area contributed by atoms with Gasteiger partial charge >= 0.3 is 0 Å². The van der Waals surface area contributed by atoms with E-state index in [9.17, 15) is 0 Å². The third-order valence-corrected chi connectivity index (χ3v) is 3.02. The van der Waals surface area contributed by atoms with Gasteiger partial charge in [-0.2, -0.15) is 0 Å². The Morgan fingerprint density at radius 1 is 1.60 bits per heavy atom. The molecule has 0 heterocycles. The molecule has 0 radical (unpaired) electrons. The highest BCUT2D eigenvalue weighted by Gasteiger charge is 2.20. The van der Waals surface area contributed by atoms with E-state index in [2.05, 4.69) is 10.4 Å². The standard InChI is InChI=1S/C10H20N4S/c1-8(13-10(11)15-3)14(2)12-7-6-9-4-5-9/h9,11-12H,4-7H2,1-3H3. The number of nitrogens with zero attached hydrogens (tertiary/aromatic N) is 2. The highest BCUT2D eigenvalue weighted by molar-refractivity contribution is 8.13. The molecule has 1 aliphatic rings. The molecule has 86 valence electrons. The summed E-state index contributed by atoms with van der Waals surface area (Å²) in [4.78, 5) is 4.14. The molecule has 0 saturated heterocycles. The van der Waals surface area contributed by atoms with E-state index in [1.54, 1.807) is 0 Å². The van der Waals surface area contributed by atoms with Crippen molar-refractivity contribution in [2.24, 2.45) is 10.9 Å². The summed E-state index contributed by atoms with van der Waals surface area (Å²) in [7, 11) is 1.94. The maximum Gasteiger partial charge on any atom is 0.181 e. The predicted molar refractivity (Wildman–Crippen MR) is 67.5 cm³/mol. The lowest BCUT2D eigenvalue weighted by molar-refractivity contribution is 0.356. The van der Waals surface area contributed by atoms with Crippen LogP contribution >= 0.6 is 11.8 Å². The first-order valence-corrected chi connectivity index (χ1v) is 6.51. The van der Waals surface area contributed by atoms with Gasteiger partial charge in [-0.15, -0.1) is 0 Å². The summed E-state index contributed by atoms with van der Waals surface area (Å²) in [5.74, 6) is 1.79. The van der Waals surface area contributed by atoms with Crippen LogP contribution in [0.25, 0.3) is 0 Å². The molecule has 1 fully saturated rings. The van der Waals surface area contributed by atoms with Crippen molar-refractivity contribution in [1.82, 2.24) is 10.4 Å². The van der Waals surface area contributed by atoms with E-state index in [0.717, 1.165) is 18.3 Å². The van der Waals surface area contributed by atoms with Crippen molar-refractivity contribution in [2.45, 2.75) is 26.2 Å². The molecule has 0 aliphatic heterocycles. The van der Waals surface area contributed by atoms with Crippen LogP contribution in [-0.2, 0) is 0 Å². The molecular formula is C10H20N4S. The summed E-state index contributed by atoms with van der Waals surface area (Å²) in [6.45, 7) is 2.91. The minimum atomic E-state index is 0.350. The van der Waals surface area contributed by atoms with Gasteiger partial charge < -0.3 is 0 Å². The van der Waals surface area contributed by atoms with Gasteiger partial charge in [0.1, 0.15) is 5.84 Å². The number of hydrogen-bond acceptors (Lipinski definition) is 3. The summed E-state index contributed by atoms with van der Waals surface area (Å²) in [6, 6.07) is 0. The van der Waals surface area contributed by atoms with Crippen molar-refractivity contribution in [3.8, 4) is 0 Å². The number of hydrazine groups is 1. The molecule has 0 aromatic rings. The SMILES string of the molecule is CSC(=N)N=C(C)N(C)NCCC1CC1.